The molecule has 1 unspecified atom stereocenters. The molecular formula is C12H23NO. The molecule has 0 aromatic rings. The van der Waals surface area contributed by atoms with Crippen molar-refractivity contribution in [2.45, 2.75) is 52.9 Å². The fourth-order valence-electron chi connectivity index (χ4n) is 1.90. The fraction of sp³-hybridized carbons (Fsp3) is 0.917. The van der Waals surface area contributed by atoms with Crippen LogP contribution in [0.1, 0.15) is 52.9 Å². The average molecular weight is 197 g/mol. The van der Waals surface area contributed by atoms with Gasteiger partial charge < -0.3 is 4.90 Å². The van der Waals surface area contributed by atoms with E-state index in [0.717, 1.165) is 25.9 Å². The molecule has 0 bridgehead atoms. The number of hydrogen-bond acceptors (Lipinski definition) is 1. The lowest BCUT2D eigenvalue weighted by atomic mass is 9.80. The molecule has 0 spiro atoms. The van der Waals surface area contributed by atoms with Gasteiger partial charge in [0.2, 0.25) is 5.91 Å². The molecule has 2 nitrogen and oxygen atoms in total. The summed E-state index contributed by atoms with van der Waals surface area (Å²) in [5, 5.41) is 0. The molecule has 1 aliphatic rings. The van der Waals surface area contributed by atoms with Gasteiger partial charge in [-0.05, 0) is 19.3 Å². The first kappa shape index (κ1) is 11.5. The summed E-state index contributed by atoms with van der Waals surface area (Å²) in [7, 11) is 0. The van der Waals surface area contributed by atoms with Gasteiger partial charge in [-0.2, -0.15) is 0 Å². The first-order valence-corrected chi connectivity index (χ1v) is 5.93. The SMILES string of the molecule is CCCCC(C)(CC)C(=O)N1CCC1. The first-order valence-electron chi connectivity index (χ1n) is 5.93. The van der Waals surface area contributed by atoms with Crippen LogP contribution in [-0.4, -0.2) is 23.9 Å². The van der Waals surface area contributed by atoms with Crippen LogP contribution in [0.5, 0.6) is 0 Å². The number of carbonyl (C=O) groups excluding carboxylic acids is 1. The largest absolute Gasteiger partial charge is 0.342 e. The zero-order valence-corrected chi connectivity index (χ0v) is 9.81. The Morgan fingerprint density at radius 3 is 2.36 bits per heavy atom. The molecule has 0 aliphatic carbocycles. The summed E-state index contributed by atoms with van der Waals surface area (Å²) in [5.41, 5.74) is -0.0869. The molecule has 1 rings (SSSR count). The van der Waals surface area contributed by atoms with Crippen LogP contribution in [0.4, 0.5) is 0 Å². The maximum atomic E-state index is 12.1. The molecule has 82 valence electrons. The van der Waals surface area contributed by atoms with Gasteiger partial charge in [0.25, 0.3) is 0 Å². The van der Waals surface area contributed by atoms with Crippen molar-refractivity contribution in [3.8, 4) is 0 Å². The Balaban J connectivity index is 2.52. The summed E-state index contributed by atoms with van der Waals surface area (Å²) in [6, 6.07) is 0. The number of unbranched alkanes of at least 4 members (excludes halogenated alkanes) is 1. The molecular weight excluding hydrogens is 174 g/mol. The highest BCUT2D eigenvalue weighted by Crippen LogP contribution is 2.32. The van der Waals surface area contributed by atoms with Gasteiger partial charge in [0, 0.05) is 18.5 Å². The van der Waals surface area contributed by atoms with Gasteiger partial charge in [-0.1, -0.05) is 33.6 Å². The van der Waals surface area contributed by atoms with Crippen molar-refractivity contribution in [3.63, 3.8) is 0 Å². The van der Waals surface area contributed by atoms with Gasteiger partial charge in [0.05, 0.1) is 0 Å². The molecule has 1 aliphatic heterocycles. The second-order valence-electron chi connectivity index (χ2n) is 4.66. The Labute approximate surface area is 87.7 Å². The van der Waals surface area contributed by atoms with Crippen LogP contribution in [0.3, 0.4) is 0 Å². The Morgan fingerprint density at radius 2 is 2.00 bits per heavy atom. The number of likely N-dealkylation sites (tertiary alicyclic amines) is 1. The van der Waals surface area contributed by atoms with Crippen LogP contribution in [0.25, 0.3) is 0 Å². The topological polar surface area (TPSA) is 20.3 Å². The Hall–Kier alpha value is -0.530. The summed E-state index contributed by atoms with van der Waals surface area (Å²) in [6.45, 7) is 8.42. The smallest absolute Gasteiger partial charge is 0.228 e. The Morgan fingerprint density at radius 1 is 1.36 bits per heavy atom. The van der Waals surface area contributed by atoms with Crippen molar-refractivity contribution in [2.75, 3.05) is 13.1 Å². The minimum atomic E-state index is -0.0869. The van der Waals surface area contributed by atoms with Crippen LogP contribution in [0.15, 0.2) is 0 Å². The molecule has 14 heavy (non-hydrogen) atoms. The summed E-state index contributed by atoms with van der Waals surface area (Å²) < 4.78 is 0. The van der Waals surface area contributed by atoms with Gasteiger partial charge in [-0.25, -0.2) is 0 Å². The highest BCUT2D eigenvalue weighted by atomic mass is 16.2. The van der Waals surface area contributed by atoms with E-state index in [9.17, 15) is 4.79 Å². The number of nitrogens with zero attached hydrogens (tertiary/aromatic N) is 1. The molecule has 1 saturated heterocycles. The van der Waals surface area contributed by atoms with Crippen LogP contribution in [-0.2, 0) is 4.79 Å². The second-order valence-corrected chi connectivity index (χ2v) is 4.66. The molecule has 0 saturated carbocycles. The normalized spacial score (nSPS) is 20.1. The van der Waals surface area contributed by atoms with E-state index >= 15 is 0 Å². The van der Waals surface area contributed by atoms with E-state index in [1.165, 1.54) is 19.3 Å². The average Bonchev–Trinajstić information content (AvgIpc) is 2.11. The third kappa shape index (κ3) is 2.28. The third-order valence-electron chi connectivity index (χ3n) is 3.52. The van der Waals surface area contributed by atoms with Crippen LogP contribution in [0.2, 0.25) is 0 Å². The number of carbonyl (C=O) groups is 1. The minimum absolute atomic E-state index is 0.0869. The quantitative estimate of drug-likeness (QED) is 0.663. The molecule has 1 fully saturated rings. The maximum absolute atomic E-state index is 12.1. The Kier molecular flexibility index (Phi) is 3.97. The second kappa shape index (κ2) is 4.81. The van der Waals surface area contributed by atoms with Crippen molar-refractivity contribution in [1.29, 1.82) is 0 Å². The zero-order valence-electron chi connectivity index (χ0n) is 9.81. The summed E-state index contributed by atoms with van der Waals surface area (Å²) in [6.07, 6.45) is 5.57. The van der Waals surface area contributed by atoms with E-state index in [2.05, 4.69) is 20.8 Å². The van der Waals surface area contributed by atoms with Crippen molar-refractivity contribution in [1.82, 2.24) is 4.90 Å². The van der Waals surface area contributed by atoms with E-state index in [4.69, 9.17) is 0 Å². The van der Waals surface area contributed by atoms with Gasteiger partial charge in [-0.15, -0.1) is 0 Å². The molecule has 0 radical (unpaired) electrons. The predicted molar refractivity (Wildman–Crippen MR) is 59.1 cm³/mol. The van der Waals surface area contributed by atoms with E-state index in [1.54, 1.807) is 0 Å². The zero-order chi connectivity index (χ0) is 10.6. The van der Waals surface area contributed by atoms with Crippen molar-refractivity contribution >= 4 is 5.91 Å². The lowest BCUT2D eigenvalue weighted by molar-refractivity contribution is -0.145. The van der Waals surface area contributed by atoms with Gasteiger partial charge >= 0.3 is 0 Å². The highest BCUT2D eigenvalue weighted by molar-refractivity contribution is 5.82. The van der Waals surface area contributed by atoms with Crippen molar-refractivity contribution < 1.29 is 4.79 Å². The first-order chi connectivity index (χ1) is 6.64. The molecule has 2 heteroatoms. The fourth-order valence-corrected chi connectivity index (χ4v) is 1.90. The Bertz CT molecular complexity index is 198. The lowest BCUT2D eigenvalue weighted by Gasteiger charge is -2.39. The maximum Gasteiger partial charge on any atom is 0.228 e. The molecule has 0 aromatic heterocycles. The van der Waals surface area contributed by atoms with E-state index in [1.807, 2.05) is 4.90 Å². The molecule has 0 aromatic carbocycles. The van der Waals surface area contributed by atoms with E-state index < -0.39 is 0 Å². The summed E-state index contributed by atoms with van der Waals surface area (Å²) in [4.78, 5) is 14.1. The van der Waals surface area contributed by atoms with E-state index in [0.29, 0.717) is 5.91 Å². The lowest BCUT2D eigenvalue weighted by Crippen LogP contribution is -2.49. The number of hydrogen-bond donors (Lipinski definition) is 0. The highest BCUT2D eigenvalue weighted by Gasteiger charge is 2.36. The standard InChI is InChI=1S/C12H23NO/c1-4-6-8-12(3,5-2)11(14)13-9-7-10-13/h4-10H2,1-3H3. The van der Waals surface area contributed by atoms with Crippen LogP contribution < -0.4 is 0 Å². The van der Waals surface area contributed by atoms with Gasteiger partial charge in [0.1, 0.15) is 0 Å². The summed E-state index contributed by atoms with van der Waals surface area (Å²) >= 11 is 0. The molecule has 1 amide bonds. The van der Waals surface area contributed by atoms with Gasteiger partial charge in [-0.3, -0.25) is 4.79 Å². The molecule has 1 heterocycles. The minimum Gasteiger partial charge on any atom is -0.342 e. The number of rotatable bonds is 5. The van der Waals surface area contributed by atoms with Crippen molar-refractivity contribution in [3.05, 3.63) is 0 Å². The van der Waals surface area contributed by atoms with Crippen LogP contribution >= 0.6 is 0 Å². The predicted octanol–water partition coefficient (Wildman–Crippen LogP) is 2.83. The van der Waals surface area contributed by atoms with Gasteiger partial charge in [0.15, 0.2) is 0 Å². The van der Waals surface area contributed by atoms with Crippen molar-refractivity contribution in [2.24, 2.45) is 5.41 Å². The summed E-state index contributed by atoms with van der Waals surface area (Å²) in [5.74, 6) is 0.389. The monoisotopic (exact) mass is 197 g/mol. The third-order valence-corrected chi connectivity index (χ3v) is 3.52. The van der Waals surface area contributed by atoms with E-state index in [-0.39, 0.29) is 5.41 Å². The molecule has 0 N–H and O–H groups in total. The number of amides is 1. The van der Waals surface area contributed by atoms with Crippen LogP contribution in [0, 0.1) is 5.41 Å². The molecule has 1 atom stereocenters.